The molecule has 0 aliphatic carbocycles. The van der Waals surface area contributed by atoms with Gasteiger partial charge in [0.05, 0.1) is 5.56 Å². The van der Waals surface area contributed by atoms with Crippen LogP contribution in [-0.2, 0) is 0 Å². The van der Waals surface area contributed by atoms with Crippen LogP contribution < -0.4 is 0 Å². The first-order valence-corrected chi connectivity index (χ1v) is 6.95. The number of benzene rings is 1. The number of likely N-dealkylation sites (tertiary alicyclic amines) is 1. The van der Waals surface area contributed by atoms with Crippen LogP contribution in [0, 0.1) is 23.6 Å². The van der Waals surface area contributed by atoms with Crippen LogP contribution in [0.4, 0.5) is 4.39 Å². The minimum absolute atomic E-state index is 0.121. The predicted molar refractivity (Wildman–Crippen MR) is 76.1 cm³/mol. The van der Waals surface area contributed by atoms with Crippen LogP contribution in [-0.4, -0.2) is 47.3 Å². The van der Waals surface area contributed by atoms with E-state index >= 15 is 0 Å². The molecule has 1 aromatic carbocycles. The molecule has 1 amide bonds. The van der Waals surface area contributed by atoms with Gasteiger partial charge in [-0.05, 0) is 37.0 Å². The highest BCUT2D eigenvalue weighted by molar-refractivity contribution is 5.97. The quantitative estimate of drug-likeness (QED) is 0.817. The Morgan fingerprint density at radius 2 is 2.24 bits per heavy atom. The minimum Gasteiger partial charge on any atom is -0.396 e. The summed E-state index contributed by atoms with van der Waals surface area (Å²) in [5.41, 5.74) is 0.640. The van der Waals surface area contributed by atoms with Crippen molar-refractivity contribution in [3.05, 3.63) is 35.1 Å². The second-order valence-corrected chi connectivity index (χ2v) is 5.07. The number of amides is 1. The van der Waals surface area contributed by atoms with Gasteiger partial charge in [0.2, 0.25) is 0 Å². The molecule has 0 saturated carbocycles. The smallest absolute Gasteiger partial charge is 0.255 e. The molecule has 1 unspecified atom stereocenters. The highest BCUT2D eigenvalue weighted by Gasteiger charge is 2.27. The van der Waals surface area contributed by atoms with Crippen LogP contribution in [0.5, 0.6) is 0 Å². The first-order valence-electron chi connectivity index (χ1n) is 6.95. The molecule has 2 N–H and O–H groups in total. The lowest BCUT2D eigenvalue weighted by Gasteiger charge is -2.17. The van der Waals surface area contributed by atoms with Crippen molar-refractivity contribution < 1.29 is 19.4 Å². The summed E-state index contributed by atoms with van der Waals surface area (Å²) in [5, 5.41) is 17.7. The van der Waals surface area contributed by atoms with Crippen molar-refractivity contribution in [1.29, 1.82) is 0 Å². The molecule has 0 spiro atoms. The standard InChI is InChI=1S/C16H18FNO3/c17-14-3-4-15(13(10-14)2-1-8-19)16(21)18-7-5-12(11-18)6-9-20/h3-4,10,12,19-20H,5-9,11H2. The van der Waals surface area contributed by atoms with E-state index in [9.17, 15) is 9.18 Å². The Hall–Kier alpha value is -1.90. The van der Waals surface area contributed by atoms with E-state index in [4.69, 9.17) is 10.2 Å². The summed E-state index contributed by atoms with van der Waals surface area (Å²) in [5.74, 6) is 4.72. The van der Waals surface area contributed by atoms with E-state index in [1.807, 2.05) is 0 Å². The van der Waals surface area contributed by atoms with Crippen molar-refractivity contribution in [1.82, 2.24) is 4.90 Å². The Bertz CT molecular complexity index is 577. The summed E-state index contributed by atoms with van der Waals surface area (Å²) in [7, 11) is 0. The number of carbonyl (C=O) groups is 1. The molecular formula is C16H18FNO3. The van der Waals surface area contributed by atoms with Gasteiger partial charge in [-0.1, -0.05) is 11.8 Å². The molecule has 0 aromatic heterocycles. The van der Waals surface area contributed by atoms with Crippen LogP contribution in [0.25, 0.3) is 0 Å². The van der Waals surface area contributed by atoms with E-state index in [-0.39, 0.29) is 19.1 Å². The van der Waals surface area contributed by atoms with Gasteiger partial charge in [0.1, 0.15) is 12.4 Å². The number of rotatable bonds is 3. The molecule has 1 aromatic rings. The molecule has 1 heterocycles. The second-order valence-electron chi connectivity index (χ2n) is 5.07. The molecule has 5 heteroatoms. The lowest BCUT2D eigenvalue weighted by molar-refractivity contribution is 0.0784. The summed E-state index contributed by atoms with van der Waals surface area (Å²) >= 11 is 0. The van der Waals surface area contributed by atoms with Gasteiger partial charge < -0.3 is 15.1 Å². The fourth-order valence-electron chi connectivity index (χ4n) is 2.55. The van der Waals surface area contributed by atoms with Gasteiger partial charge in [0, 0.05) is 25.3 Å². The van der Waals surface area contributed by atoms with Crippen molar-refractivity contribution in [3.63, 3.8) is 0 Å². The third kappa shape index (κ3) is 3.81. The summed E-state index contributed by atoms with van der Waals surface area (Å²) in [6, 6.07) is 3.87. The Morgan fingerprint density at radius 3 is 2.95 bits per heavy atom. The van der Waals surface area contributed by atoms with Crippen molar-refractivity contribution in [2.24, 2.45) is 5.92 Å². The second kappa shape index (κ2) is 7.21. The fraction of sp³-hybridized carbons (Fsp3) is 0.438. The van der Waals surface area contributed by atoms with Gasteiger partial charge in [0.15, 0.2) is 0 Å². The third-order valence-electron chi connectivity index (χ3n) is 3.62. The number of hydrogen-bond acceptors (Lipinski definition) is 3. The highest BCUT2D eigenvalue weighted by Crippen LogP contribution is 2.22. The molecular weight excluding hydrogens is 273 g/mol. The Balaban J connectivity index is 2.19. The summed E-state index contributed by atoms with van der Waals surface area (Å²) in [6.45, 7) is 1.01. The summed E-state index contributed by atoms with van der Waals surface area (Å²) < 4.78 is 13.3. The number of halogens is 1. The molecule has 1 aliphatic heterocycles. The normalized spacial score (nSPS) is 17.5. The monoisotopic (exact) mass is 291 g/mol. The van der Waals surface area contributed by atoms with Gasteiger partial charge in [-0.25, -0.2) is 4.39 Å². The van der Waals surface area contributed by atoms with E-state index in [1.165, 1.54) is 18.2 Å². The van der Waals surface area contributed by atoms with Gasteiger partial charge in [0.25, 0.3) is 5.91 Å². The van der Waals surface area contributed by atoms with Crippen molar-refractivity contribution in [2.45, 2.75) is 12.8 Å². The molecule has 1 aliphatic rings. The van der Waals surface area contributed by atoms with E-state index in [1.54, 1.807) is 4.90 Å². The summed E-state index contributed by atoms with van der Waals surface area (Å²) in [6.07, 6.45) is 1.55. The number of hydrogen-bond donors (Lipinski definition) is 2. The average molecular weight is 291 g/mol. The van der Waals surface area contributed by atoms with Crippen LogP contribution in [0.15, 0.2) is 18.2 Å². The Labute approximate surface area is 123 Å². The van der Waals surface area contributed by atoms with E-state index in [0.29, 0.717) is 36.6 Å². The first kappa shape index (κ1) is 15.5. The van der Waals surface area contributed by atoms with E-state index in [2.05, 4.69) is 11.8 Å². The highest BCUT2D eigenvalue weighted by atomic mass is 19.1. The zero-order chi connectivity index (χ0) is 15.2. The van der Waals surface area contributed by atoms with Crippen LogP contribution in [0.2, 0.25) is 0 Å². The number of carbonyl (C=O) groups excluding carboxylic acids is 1. The van der Waals surface area contributed by atoms with Crippen molar-refractivity contribution >= 4 is 5.91 Å². The predicted octanol–water partition coefficient (Wildman–Crippen LogP) is 1.01. The molecule has 4 nitrogen and oxygen atoms in total. The number of aliphatic hydroxyl groups excluding tert-OH is 2. The van der Waals surface area contributed by atoms with Crippen molar-refractivity contribution in [2.75, 3.05) is 26.3 Å². The average Bonchev–Trinajstić information content (AvgIpc) is 2.93. The largest absolute Gasteiger partial charge is 0.396 e. The van der Waals surface area contributed by atoms with Gasteiger partial charge in [-0.2, -0.15) is 0 Å². The van der Waals surface area contributed by atoms with Gasteiger partial charge in [-0.3, -0.25) is 4.79 Å². The molecule has 112 valence electrons. The molecule has 1 fully saturated rings. The lowest BCUT2D eigenvalue weighted by atomic mass is 10.1. The van der Waals surface area contributed by atoms with Crippen LogP contribution in [0.3, 0.4) is 0 Å². The number of aliphatic hydroxyl groups is 2. The molecule has 1 atom stereocenters. The zero-order valence-corrected chi connectivity index (χ0v) is 11.7. The van der Waals surface area contributed by atoms with Gasteiger partial charge in [-0.15, -0.1) is 0 Å². The molecule has 0 radical (unpaired) electrons. The third-order valence-corrected chi connectivity index (χ3v) is 3.62. The van der Waals surface area contributed by atoms with Crippen molar-refractivity contribution in [3.8, 4) is 11.8 Å². The topological polar surface area (TPSA) is 60.8 Å². The molecule has 1 saturated heterocycles. The Morgan fingerprint density at radius 1 is 1.43 bits per heavy atom. The summed E-state index contributed by atoms with van der Waals surface area (Å²) in [4.78, 5) is 14.2. The lowest BCUT2D eigenvalue weighted by Crippen LogP contribution is -2.29. The SMILES string of the molecule is O=C(c1ccc(F)cc1C#CCO)N1CCC(CCO)C1. The minimum atomic E-state index is -0.464. The van der Waals surface area contributed by atoms with Crippen LogP contribution >= 0.6 is 0 Å². The molecule has 0 bridgehead atoms. The van der Waals surface area contributed by atoms with E-state index < -0.39 is 5.82 Å². The maximum atomic E-state index is 13.3. The zero-order valence-electron chi connectivity index (χ0n) is 11.7. The molecule has 2 rings (SSSR count). The Kier molecular flexibility index (Phi) is 5.32. The first-order chi connectivity index (χ1) is 10.2. The number of nitrogens with zero attached hydrogens (tertiary/aromatic N) is 1. The fourth-order valence-corrected chi connectivity index (χ4v) is 2.55. The molecule has 21 heavy (non-hydrogen) atoms. The maximum Gasteiger partial charge on any atom is 0.255 e. The maximum absolute atomic E-state index is 13.3. The van der Waals surface area contributed by atoms with E-state index in [0.717, 1.165) is 6.42 Å². The van der Waals surface area contributed by atoms with Gasteiger partial charge >= 0.3 is 0 Å². The van der Waals surface area contributed by atoms with Crippen LogP contribution in [0.1, 0.15) is 28.8 Å².